The van der Waals surface area contributed by atoms with Crippen LogP contribution in [-0.4, -0.2) is 48.3 Å². The van der Waals surface area contributed by atoms with E-state index in [1.165, 1.54) is 48.5 Å². The first-order valence-corrected chi connectivity index (χ1v) is 12.5. The van der Waals surface area contributed by atoms with Crippen LogP contribution in [0.4, 0.5) is 0 Å². The lowest BCUT2D eigenvalue weighted by molar-refractivity contribution is -0.919. The van der Waals surface area contributed by atoms with Gasteiger partial charge in [0.15, 0.2) is 0 Å². The number of carbonyl (C=O) groups is 1. The van der Waals surface area contributed by atoms with E-state index in [-0.39, 0.29) is 6.10 Å². The monoisotopic (exact) mass is 434 g/mol. The molecule has 2 aliphatic carbocycles. The van der Waals surface area contributed by atoms with E-state index in [4.69, 9.17) is 4.74 Å². The first-order valence-electron chi connectivity index (χ1n) is 10.7. The summed E-state index contributed by atoms with van der Waals surface area (Å²) in [5.74, 6) is 0.491. The number of unbranched alkanes of at least 4 members (excludes halogenated alkanes) is 1. The van der Waals surface area contributed by atoms with Crippen LogP contribution in [0.2, 0.25) is 0 Å². The van der Waals surface area contributed by atoms with Gasteiger partial charge in [-0.05, 0) is 48.6 Å². The van der Waals surface area contributed by atoms with Gasteiger partial charge in [-0.3, -0.25) is 0 Å². The zero-order valence-electron chi connectivity index (χ0n) is 17.5. The Bertz CT molecular complexity index is 781. The van der Waals surface area contributed by atoms with E-state index < -0.39 is 11.6 Å². The van der Waals surface area contributed by atoms with Gasteiger partial charge in [0, 0.05) is 11.8 Å². The summed E-state index contributed by atoms with van der Waals surface area (Å²) >= 11 is 2.79. The van der Waals surface area contributed by atoms with Gasteiger partial charge >= 0.3 is 5.97 Å². The molecule has 29 heavy (non-hydrogen) atoms. The van der Waals surface area contributed by atoms with Crippen molar-refractivity contribution in [2.24, 2.45) is 11.8 Å². The zero-order valence-corrected chi connectivity index (χ0v) is 19.2. The Labute approximate surface area is 181 Å². The molecule has 0 saturated heterocycles. The Kier molecular flexibility index (Phi) is 5.90. The van der Waals surface area contributed by atoms with Crippen LogP contribution in [-0.2, 0) is 15.1 Å². The fourth-order valence-electron chi connectivity index (χ4n) is 5.69. The molecule has 0 aromatic carbocycles. The first-order chi connectivity index (χ1) is 13.9. The number of thiophene rings is 2. The van der Waals surface area contributed by atoms with Gasteiger partial charge in [-0.25, -0.2) is 4.79 Å². The summed E-state index contributed by atoms with van der Waals surface area (Å²) in [7, 11) is 4.67. The Morgan fingerprint density at radius 2 is 1.86 bits per heavy atom. The van der Waals surface area contributed by atoms with Gasteiger partial charge in [0.25, 0.3) is 0 Å². The predicted molar refractivity (Wildman–Crippen MR) is 118 cm³/mol. The maximum absolute atomic E-state index is 13.4. The normalized spacial score (nSPS) is 26.8. The van der Waals surface area contributed by atoms with Crippen LogP contribution in [0, 0.1) is 11.8 Å². The molecule has 0 spiro atoms. The van der Waals surface area contributed by atoms with Gasteiger partial charge in [0.2, 0.25) is 5.60 Å². The third-order valence-corrected chi connectivity index (χ3v) is 8.97. The van der Waals surface area contributed by atoms with E-state index in [1.54, 1.807) is 0 Å². The van der Waals surface area contributed by atoms with Crippen molar-refractivity contribution in [1.29, 1.82) is 0 Å². The number of rotatable bonds is 8. The number of quaternary nitrogens is 1. The summed E-state index contributed by atoms with van der Waals surface area (Å²) in [6, 6.07) is 7.93. The number of esters is 1. The van der Waals surface area contributed by atoms with E-state index >= 15 is 0 Å². The molecule has 1 N–H and O–H groups in total. The predicted octanol–water partition coefficient (Wildman–Crippen LogP) is 4.63. The fraction of sp³-hybridized carbons (Fsp3) is 0.609. The lowest BCUT2D eigenvalue weighted by atomic mass is 9.96. The average molecular weight is 435 g/mol. The van der Waals surface area contributed by atoms with E-state index in [0.29, 0.717) is 27.6 Å². The highest BCUT2D eigenvalue weighted by molar-refractivity contribution is 7.12. The van der Waals surface area contributed by atoms with E-state index in [9.17, 15) is 9.90 Å². The van der Waals surface area contributed by atoms with Crippen LogP contribution in [0.3, 0.4) is 0 Å². The summed E-state index contributed by atoms with van der Waals surface area (Å²) in [6.07, 6.45) is 5.63. The highest BCUT2D eigenvalue weighted by Crippen LogP contribution is 2.51. The van der Waals surface area contributed by atoms with Crippen molar-refractivity contribution in [2.45, 2.75) is 56.8 Å². The second-order valence-corrected chi connectivity index (χ2v) is 11.1. The minimum Gasteiger partial charge on any atom is -0.459 e. The molecule has 4 rings (SSSR count). The molecule has 2 saturated carbocycles. The van der Waals surface area contributed by atoms with E-state index in [0.717, 1.165) is 17.3 Å². The number of carbonyl (C=O) groups excluding carboxylic acids is 1. The van der Waals surface area contributed by atoms with Gasteiger partial charge in [0.1, 0.15) is 6.10 Å². The van der Waals surface area contributed by atoms with Crippen LogP contribution < -0.4 is 0 Å². The quantitative estimate of drug-likeness (QED) is 0.487. The van der Waals surface area contributed by atoms with Gasteiger partial charge < -0.3 is 14.3 Å². The Morgan fingerprint density at radius 1 is 1.21 bits per heavy atom. The number of ether oxygens (including phenoxy) is 1. The molecule has 2 bridgehead atoms. The molecule has 2 heterocycles. The number of aliphatic hydroxyl groups is 1. The SMILES string of the molecule is CCCC[N+](C)(C)C1C2CCC1C(OC(=O)C(O)(c1cccs1)c1cccs1)C2. The molecular formula is C23H32NO3S2+. The Hall–Kier alpha value is -1.21. The molecule has 2 aromatic heterocycles. The lowest BCUT2D eigenvalue weighted by Crippen LogP contribution is -2.52. The highest BCUT2D eigenvalue weighted by Gasteiger charge is 2.57. The van der Waals surface area contributed by atoms with Crippen molar-refractivity contribution in [2.75, 3.05) is 20.6 Å². The lowest BCUT2D eigenvalue weighted by Gasteiger charge is -2.39. The third-order valence-electron chi connectivity index (χ3n) is 7.01. The number of nitrogens with zero attached hydrogens (tertiary/aromatic N) is 1. The molecule has 2 aromatic rings. The number of hydrogen-bond acceptors (Lipinski definition) is 5. The molecule has 4 atom stereocenters. The minimum atomic E-state index is -1.70. The standard InChI is InChI=1S/C23H32NO3S2/c1-4-5-12-24(2,3)21-16-10-11-17(21)18(15-16)27-22(25)23(26,19-8-6-13-28-19)20-9-7-14-29-20/h6-9,13-14,16-18,21,26H,4-5,10-12,15H2,1-3H3/q+1. The third kappa shape index (κ3) is 3.69. The largest absolute Gasteiger partial charge is 0.459 e. The van der Waals surface area contributed by atoms with Crippen LogP contribution in [0.1, 0.15) is 48.8 Å². The number of hydrogen-bond donors (Lipinski definition) is 1. The van der Waals surface area contributed by atoms with Gasteiger partial charge in [-0.1, -0.05) is 25.5 Å². The van der Waals surface area contributed by atoms with Crippen LogP contribution >= 0.6 is 22.7 Å². The highest BCUT2D eigenvalue weighted by atomic mass is 32.1. The first kappa shape index (κ1) is 21.0. The molecular weight excluding hydrogens is 402 g/mol. The van der Waals surface area contributed by atoms with Gasteiger partial charge in [-0.2, -0.15) is 0 Å². The molecule has 158 valence electrons. The minimum absolute atomic E-state index is 0.0864. The topological polar surface area (TPSA) is 46.5 Å². The molecule has 6 heteroatoms. The summed E-state index contributed by atoms with van der Waals surface area (Å²) in [5.41, 5.74) is -1.70. The van der Waals surface area contributed by atoms with E-state index in [2.05, 4.69) is 21.0 Å². The summed E-state index contributed by atoms with van der Waals surface area (Å²) < 4.78 is 7.11. The van der Waals surface area contributed by atoms with Crippen molar-refractivity contribution >= 4 is 28.6 Å². The van der Waals surface area contributed by atoms with Crippen molar-refractivity contribution < 1.29 is 19.1 Å². The average Bonchev–Trinajstić information content (AvgIpc) is 3.49. The Morgan fingerprint density at radius 3 is 2.41 bits per heavy atom. The molecule has 0 aliphatic heterocycles. The van der Waals surface area contributed by atoms with Gasteiger partial charge in [0.05, 0.1) is 36.4 Å². The summed E-state index contributed by atoms with van der Waals surface area (Å²) in [4.78, 5) is 14.6. The van der Waals surface area contributed by atoms with Crippen molar-refractivity contribution in [3.05, 3.63) is 44.8 Å². The van der Waals surface area contributed by atoms with E-state index in [1.807, 2.05) is 35.0 Å². The molecule has 2 fully saturated rings. The second kappa shape index (κ2) is 8.14. The Balaban J connectivity index is 1.54. The van der Waals surface area contributed by atoms with Crippen molar-refractivity contribution in [3.8, 4) is 0 Å². The van der Waals surface area contributed by atoms with Gasteiger partial charge in [-0.15, -0.1) is 22.7 Å². The smallest absolute Gasteiger partial charge is 0.349 e. The number of fused-ring (bicyclic) bond motifs is 2. The van der Waals surface area contributed by atoms with Crippen LogP contribution in [0.5, 0.6) is 0 Å². The van der Waals surface area contributed by atoms with Crippen LogP contribution in [0.15, 0.2) is 35.0 Å². The maximum Gasteiger partial charge on any atom is 0.349 e. The van der Waals surface area contributed by atoms with Crippen LogP contribution in [0.25, 0.3) is 0 Å². The molecule has 0 radical (unpaired) electrons. The fourth-order valence-corrected chi connectivity index (χ4v) is 7.40. The molecule has 4 unspecified atom stereocenters. The summed E-state index contributed by atoms with van der Waals surface area (Å²) in [6.45, 7) is 3.41. The molecule has 2 aliphatic rings. The van der Waals surface area contributed by atoms with Crippen molar-refractivity contribution in [1.82, 2.24) is 0 Å². The second-order valence-electron chi connectivity index (χ2n) is 9.19. The zero-order chi connectivity index (χ0) is 20.6. The summed E-state index contributed by atoms with van der Waals surface area (Å²) in [5, 5.41) is 15.3. The molecule has 4 nitrogen and oxygen atoms in total. The van der Waals surface area contributed by atoms with Crippen molar-refractivity contribution in [3.63, 3.8) is 0 Å². The maximum atomic E-state index is 13.4. The molecule has 0 amide bonds.